The van der Waals surface area contributed by atoms with Gasteiger partial charge in [-0.05, 0) is 84.8 Å². The van der Waals surface area contributed by atoms with Gasteiger partial charge in [0.05, 0.1) is 25.0 Å². The Morgan fingerprint density at radius 3 is 2.02 bits per heavy atom. The van der Waals surface area contributed by atoms with Crippen LogP contribution < -0.4 is 32.3 Å². The summed E-state index contributed by atoms with van der Waals surface area (Å²) in [6.45, 7) is 10.8. The molecule has 16 heteroatoms. The van der Waals surface area contributed by atoms with E-state index in [1.807, 2.05) is 52.0 Å². The highest BCUT2D eigenvalue weighted by atomic mass is 16.6. The van der Waals surface area contributed by atoms with Crippen LogP contribution in [0.1, 0.15) is 83.9 Å². The quantitative estimate of drug-likeness (QED) is 0.0558. The van der Waals surface area contributed by atoms with Crippen molar-refractivity contribution in [2.75, 3.05) is 25.0 Å². The zero-order valence-corrected chi connectivity index (χ0v) is 35.0. The molecule has 2 rings (SSSR count). The second-order valence-electron chi connectivity index (χ2n) is 15.4. The topological polar surface area (TPSA) is 244 Å². The molecule has 5 amide bonds. The Kier molecular flexibility index (Phi) is 22.0. The number of aryl methyl sites for hydroxylation is 1. The molecule has 0 bridgehead atoms. The largest absolute Gasteiger partial charge is 0.479 e. The Morgan fingerprint density at radius 2 is 1.39 bits per heavy atom. The average molecular weight is 823 g/mol. The van der Waals surface area contributed by atoms with E-state index in [4.69, 9.17) is 15.2 Å². The standard InChI is InChI=1S/C43H62N6O10/c1-27(2)21-35(41(54)55)59-42(56)30(6)22-45-37(51)24-46-36(50)10-8-7-9-29(5)11-12-31-13-15-32(16-14-31)23-48-43(57)58-26-33-17-19-34(20-18-33)49-38(52)25-47-40(53)39(44)28(3)4/h8,10,13-20,27-30,35,39H,7,9,11-12,21-26,44H2,1-6H3,(H,45,51)(H,46,50)(H,47,53)(H,48,57)(H,49,52)(H,54,55). The third-order valence-electron chi connectivity index (χ3n) is 9.18. The number of hydrogen-bond acceptors (Lipinski definition) is 10. The Bertz CT molecular complexity index is 1710. The van der Waals surface area contributed by atoms with Gasteiger partial charge in [0.2, 0.25) is 23.6 Å². The van der Waals surface area contributed by atoms with Gasteiger partial charge in [-0.15, -0.1) is 0 Å². The summed E-state index contributed by atoms with van der Waals surface area (Å²) in [6, 6.07) is 14.1. The monoisotopic (exact) mass is 822 g/mol. The van der Waals surface area contributed by atoms with E-state index in [0.717, 1.165) is 36.0 Å². The molecule has 0 aliphatic carbocycles. The van der Waals surface area contributed by atoms with E-state index in [0.29, 0.717) is 24.6 Å². The Balaban J connectivity index is 1.59. The number of esters is 1. The van der Waals surface area contributed by atoms with Crippen molar-refractivity contribution in [3.63, 3.8) is 0 Å². The lowest BCUT2D eigenvalue weighted by atomic mass is 9.96. The molecule has 8 N–H and O–H groups in total. The third kappa shape index (κ3) is 21.0. The van der Waals surface area contributed by atoms with Gasteiger partial charge in [-0.3, -0.25) is 24.0 Å². The number of nitrogens with two attached hydrogens (primary N) is 1. The van der Waals surface area contributed by atoms with Crippen molar-refractivity contribution in [3.8, 4) is 0 Å². The fraction of sp³-hybridized carbons (Fsp3) is 0.512. The van der Waals surface area contributed by atoms with Crippen LogP contribution in [-0.4, -0.2) is 78.5 Å². The number of ether oxygens (including phenoxy) is 2. The fourth-order valence-electron chi connectivity index (χ4n) is 5.33. The first-order valence-corrected chi connectivity index (χ1v) is 20.0. The van der Waals surface area contributed by atoms with E-state index in [9.17, 15) is 38.7 Å². The normalized spacial score (nSPS) is 13.2. The maximum atomic E-state index is 12.3. The predicted octanol–water partition coefficient (Wildman–Crippen LogP) is 3.97. The van der Waals surface area contributed by atoms with Gasteiger partial charge in [0.1, 0.15) is 6.61 Å². The van der Waals surface area contributed by atoms with Crippen LogP contribution in [-0.2, 0) is 57.8 Å². The smallest absolute Gasteiger partial charge is 0.407 e. The molecule has 2 aromatic rings. The number of carboxylic acids is 1. The van der Waals surface area contributed by atoms with Crippen LogP contribution in [0.4, 0.5) is 10.5 Å². The summed E-state index contributed by atoms with van der Waals surface area (Å²) < 4.78 is 10.4. The van der Waals surface area contributed by atoms with Crippen LogP contribution in [0.15, 0.2) is 60.7 Å². The molecule has 324 valence electrons. The molecule has 4 unspecified atom stereocenters. The number of carboxylic acid groups (broad SMARTS) is 1. The van der Waals surface area contributed by atoms with Gasteiger partial charge in [-0.1, -0.05) is 84.0 Å². The van der Waals surface area contributed by atoms with Crippen molar-refractivity contribution in [1.82, 2.24) is 21.3 Å². The van der Waals surface area contributed by atoms with Crippen LogP contribution in [0.2, 0.25) is 0 Å². The number of rotatable bonds is 25. The minimum absolute atomic E-state index is 0.0249. The zero-order chi connectivity index (χ0) is 43.9. The lowest BCUT2D eigenvalue weighted by molar-refractivity contribution is -0.167. The van der Waals surface area contributed by atoms with E-state index in [-0.39, 0.29) is 56.3 Å². The van der Waals surface area contributed by atoms with Crippen molar-refractivity contribution in [3.05, 3.63) is 77.4 Å². The molecule has 0 fully saturated rings. The summed E-state index contributed by atoms with van der Waals surface area (Å²) in [5.41, 5.74) is 9.13. The molecule has 0 radical (unpaired) electrons. The molecule has 0 aliphatic rings. The lowest BCUT2D eigenvalue weighted by Crippen LogP contribution is -2.46. The first-order valence-electron chi connectivity index (χ1n) is 20.0. The summed E-state index contributed by atoms with van der Waals surface area (Å²) >= 11 is 0. The number of aliphatic carboxylic acids is 1. The van der Waals surface area contributed by atoms with E-state index in [1.54, 1.807) is 30.3 Å². The molecular weight excluding hydrogens is 761 g/mol. The SMILES string of the molecule is CC(C)CC(OC(=O)C(C)CNC(=O)CNC(=O)C=CCCC(C)CCc1ccc(CNC(=O)OCc2ccc(NC(=O)CNC(=O)C(N)C(C)C)cc2)cc1)C(=O)O. The molecule has 0 aliphatic heterocycles. The van der Waals surface area contributed by atoms with Crippen molar-refractivity contribution < 1.29 is 48.1 Å². The van der Waals surface area contributed by atoms with Gasteiger partial charge in [-0.2, -0.15) is 0 Å². The Labute approximate surface area is 346 Å². The van der Waals surface area contributed by atoms with Gasteiger partial charge >= 0.3 is 18.0 Å². The first-order chi connectivity index (χ1) is 27.9. The van der Waals surface area contributed by atoms with Gasteiger partial charge in [0.15, 0.2) is 6.10 Å². The number of alkyl carbamates (subject to hydrolysis) is 1. The highest BCUT2D eigenvalue weighted by molar-refractivity contribution is 5.95. The average Bonchev–Trinajstić information content (AvgIpc) is 3.20. The minimum atomic E-state index is -1.24. The third-order valence-corrected chi connectivity index (χ3v) is 9.18. The minimum Gasteiger partial charge on any atom is -0.479 e. The number of anilines is 1. The number of benzene rings is 2. The van der Waals surface area contributed by atoms with E-state index >= 15 is 0 Å². The number of carbonyl (C=O) groups excluding carboxylic acids is 6. The van der Waals surface area contributed by atoms with Gasteiger partial charge in [0, 0.05) is 18.8 Å². The summed E-state index contributed by atoms with van der Waals surface area (Å²) in [5.74, 6) is -4.00. The molecule has 0 saturated carbocycles. The molecule has 2 aromatic carbocycles. The first kappa shape index (κ1) is 49.4. The van der Waals surface area contributed by atoms with Crippen LogP contribution in [0.3, 0.4) is 0 Å². The van der Waals surface area contributed by atoms with Crippen molar-refractivity contribution in [2.45, 2.75) is 98.9 Å². The number of nitrogens with one attached hydrogen (secondary N) is 5. The highest BCUT2D eigenvalue weighted by Crippen LogP contribution is 2.16. The summed E-state index contributed by atoms with van der Waals surface area (Å²) in [5, 5.41) is 22.3. The van der Waals surface area contributed by atoms with Gasteiger partial charge in [-0.25, -0.2) is 9.59 Å². The fourth-order valence-corrected chi connectivity index (χ4v) is 5.33. The highest BCUT2D eigenvalue weighted by Gasteiger charge is 2.26. The van der Waals surface area contributed by atoms with Crippen molar-refractivity contribution >= 4 is 47.3 Å². The Hall–Kier alpha value is -5.77. The predicted molar refractivity (Wildman–Crippen MR) is 222 cm³/mol. The number of amides is 5. The molecular formula is C43H62N6O10. The number of allylic oxidation sites excluding steroid dienone is 1. The summed E-state index contributed by atoms with van der Waals surface area (Å²) in [7, 11) is 0. The van der Waals surface area contributed by atoms with Crippen LogP contribution >= 0.6 is 0 Å². The maximum Gasteiger partial charge on any atom is 0.407 e. The number of hydrogen-bond donors (Lipinski definition) is 7. The molecule has 0 aromatic heterocycles. The molecule has 0 heterocycles. The van der Waals surface area contributed by atoms with Crippen molar-refractivity contribution in [2.24, 2.45) is 29.4 Å². The zero-order valence-electron chi connectivity index (χ0n) is 35.0. The van der Waals surface area contributed by atoms with Crippen LogP contribution in [0, 0.1) is 23.7 Å². The van der Waals surface area contributed by atoms with Crippen LogP contribution in [0.5, 0.6) is 0 Å². The maximum absolute atomic E-state index is 12.3. The number of carbonyl (C=O) groups is 7. The van der Waals surface area contributed by atoms with Gasteiger partial charge in [0.25, 0.3) is 0 Å². The van der Waals surface area contributed by atoms with Gasteiger partial charge < -0.3 is 46.9 Å². The molecule has 16 nitrogen and oxygen atoms in total. The van der Waals surface area contributed by atoms with E-state index < -0.39 is 47.9 Å². The summed E-state index contributed by atoms with van der Waals surface area (Å²) in [4.78, 5) is 84.3. The second-order valence-corrected chi connectivity index (χ2v) is 15.4. The molecule has 0 saturated heterocycles. The second kappa shape index (κ2) is 26.3. The Morgan fingerprint density at radius 1 is 0.763 bits per heavy atom. The van der Waals surface area contributed by atoms with Crippen molar-refractivity contribution in [1.29, 1.82) is 0 Å². The molecule has 4 atom stereocenters. The summed E-state index contributed by atoms with van der Waals surface area (Å²) in [6.07, 6.45) is 4.92. The van der Waals surface area contributed by atoms with E-state index in [1.165, 1.54) is 13.0 Å². The van der Waals surface area contributed by atoms with Crippen LogP contribution in [0.25, 0.3) is 0 Å². The molecule has 0 spiro atoms. The molecule has 59 heavy (non-hydrogen) atoms. The lowest BCUT2D eigenvalue weighted by Gasteiger charge is -2.18. The van der Waals surface area contributed by atoms with E-state index in [2.05, 4.69) is 33.5 Å².